The summed E-state index contributed by atoms with van der Waals surface area (Å²) < 4.78 is 3.92. The quantitative estimate of drug-likeness (QED) is 0.670. The van der Waals surface area contributed by atoms with Crippen LogP contribution in [-0.2, 0) is 0 Å². The number of hydrogen-bond acceptors (Lipinski definition) is 2. The molecule has 1 rings (SSSR count). The van der Waals surface area contributed by atoms with Crippen molar-refractivity contribution in [2.45, 2.75) is 9.71 Å². The standard InChI is InChI=1S/C10H10Cl3NOS/c11-8(10(12,13)9(14)16)6-15-7-4-2-1-3-5-7/h1-5,8H,6H2,(H2,14,16). The molecule has 2 nitrogen and oxygen atoms in total. The third-order valence-electron chi connectivity index (χ3n) is 1.86. The second-order valence-electron chi connectivity index (χ2n) is 3.08. The number of thiocarbonyl (C=S) groups is 1. The first kappa shape index (κ1) is 13.8. The van der Waals surface area contributed by atoms with Gasteiger partial charge in [-0.1, -0.05) is 53.6 Å². The molecule has 0 aliphatic heterocycles. The van der Waals surface area contributed by atoms with Crippen LogP contribution >= 0.6 is 47.0 Å². The largest absolute Gasteiger partial charge is 0.492 e. The Kier molecular flexibility index (Phi) is 5.12. The number of hydrogen-bond donors (Lipinski definition) is 1. The average Bonchev–Trinajstić information content (AvgIpc) is 2.27. The molecule has 0 heterocycles. The lowest BCUT2D eigenvalue weighted by Crippen LogP contribution is -2.42. The third-order valence-corrected chi connectivity index (χ3v) is 4.02. The molecule has 1 aromatic carbocycles. The summed E-state index contributed by atoms with van der Waals surface area (Å²) >= 11 is 22.4. The third kappa shape index (κ3) is 3.67. The first-order valence-corrected chi connectivity index (χ1v) is 6.04. The molecule has 0 saturated carbocycles. The van der Waals surface area contributed by atoms with E-state index < -0.39 is 9.71 Å². The van der Waals surface area contributed by atoms with Crippen molar-refractivity contribution in [2.24, 2.45) is 5.73 Å². The van der Waals surface area contributed by atoms with Crippen LogP contribution in [0.3, 0.4) is 0 Å². The Morgan fingerprint density at radius 1 is 1.38 bits per heavy atom. The lowest BCUT2D eigenvalue weighted by Gasteiger charge is -2.23. The zero-order valence-electron chi connectivity index (χ0n) is 8.20. The van der Waals surface area contributed by atoms with Crippen LogP contribution in [0.5, 0.6) is 5.75 Å². The van der Waals surface area contributed by atoms with E-state index in [1.54, 1.807) is 12.1 Å². The van der Waals surface area contributed by atoms with Gasteiger partial charge in [-0.05, 0) is 12.1 Å². The number of nitrogens with two attached hydrogens (primary N) is 1. The van der Waals surface area contributed by atoms with Crippen LogP contribution < -0.4 is 10.5 Å². The molecule has 0 saturated heterocycles. The van der Waals surface area contributed by atoms with E-state index in [1.807, 2.05) is 18.2 Å². The van der Waals surface area contributed by atoms with Crippen LogP contribution in [0.2, 0.25) is 0 Å². The van der Waals surface area contributed by atoms with E-state index in [0.29, 0.717) is 5.75 Å². The number of alkyl halides is 3. The summed E-state index contributed by atoms with van der Waals surface area (Å²) in [6.45, 7) is 0.121. The van der Waals surface area contributed by atoms with Gasteiger partial charge in [0.2, 0.25) is 0 Å². The molecule has 88 valence electrons. The van der Waals surface area contributed by atoms with Crippen LogP contribution in [0.4, 0.5) is 0 Å². The Hall–Kier alpha value is -0.220. The van der Waals surface area contributed by atoms with Gasteiger partial charge >= 0.3 is 0 Å². The molecule has 6 heteroatoms. The van der Waals surface area contributed by atoms with Crippen LogP contribution in [0.1, 0.15) is 0 Å². The lowest BCUT2D eigenvalue weighted by molar-refractivity contribution is 0.314. The van der Waals surface area contributed by atoms with Gasteiger partial charge in [0, 0.05) is 0 Å². The first-order valence-electron chi connectivity index (χ1n) is 4.44. The van der Waals surface area contributed by atoms with Gasteiger partial charge in [-0.3, -0.25) is 0 Å². The zero-order valence-corrected chi connectivity index (χ0v) is 11.3. The molecule has 1 aromatic rings. The van der Waals surface area contributed by atoms with E-state index in [2.05, 4.69) is 0 Å². The Bertz CT molecular complexity index is 358. The summed E-state index contributed by atoms with van der Waals surface area (Å²) in [6.07, 6.45) is 0. The molecular weight excluding hydrogens is 289 g/mol. The van der Waals surface area contributed by atoms with Crippen molar-refractivity contribution >= 4 is 52.0 Å². The smallest absolute Gasteiger partial charge is 0.186 e. The minimum atomic E-state index is -1.47. The second-order valence-corrected chi connectivity index (χ2v) is 5.43. The molecule has 0 aliphatic rings. The van der Waals surface area contributed by atoms with Crippen LogP contribution in [0.15, 0.2) is 30.3 Å². The number of halogens is 3. The zero-order chi connectivity index (χ0) is 12.2. The lowest BCUT2D eigenvalue weighted by atomic mass is 10.3. The van der Waals surface area contributed by atoms with E-state index in [9.17, 15) is 0 Å². The van der Waals surface area contributed by atoms with Gasteiger partial charge in [0.15, 0.2) is 4.33 Å². The van der Waals surface area contributed by atoms with Gasteiger partial charge in [-0.2, -0.15) is 0 Å². The maximum atomic E-state index is 5.96. The predicted molar refractivity (Wildman–Crippen MR) is 72.8 cm³/mol. The van der Waals surface area contributed by atoms with Crippen LogP contribution in [-0.4, -0.2) is 21.3 Å². The fraction of sp³-hybridized carbons (Fsp3) is 0.300. The van der Waals surface area contributed by atoms with E-state index in [1.165, 1.54) is 0 Å². The summed E-state index contributed by atoms with van der Waals surface area (Å²) in [6, 6.07) is 9.18. The van der Waals surface area contributed by atoms with Crippen molar-refractivity contribution in [3.63, 3.8) is 0 Å². The van der Waals surface area contributed by atoms with Crippen molar-refractivity contribution in [3.8, 4) is 5.75 Å². The summed E-state index contributed by atoms with van der Waals surface area (Å²) in [4.78, 5) is -0.0625. The van der Waals surface area contributed by atoms with Crippen molar-refractivity contribution < 1.29 is 4.74 Å². The van der Waals surface area contributed by atoms with Gasteiger partial charge in [-0.25, -0.2) is 0 Å². The molecule has 0 aliphatic carbocycles. The van der Waals surface area contributed by atoms with Gasteiger partial charge in [0.1, 0.15) is 22.7 Å². The molecule has 0 spiro atoms. The Morgan fingerprint density at radius 2 is 1.94 bits per heavy atom. The van der Waals surface area contributed by atoms with E-state index >= 15 is 0 Å². The van der Waals surface area contributed by atoms with Gasteiger partial charge < -0.3 is 10.5 Å². The van der Waals surface area contributed by atoms with E-state index in [-0.39, 0.29) is 11.6 Å². The van der Waals surface area contributed by atoms with Gasteiger partial charge in [0.05, 0.1) is 0 Å². The predicted octanol–water partition coefficient (Wildman–Crippen LogP) is 3.13. The summed E-state index contributed by atoms with van der Waals surface area (Å²) in [5.41, 5.74) is 5.37. The van der Waals surface area contributed by atoms with Crippen LogP contribution in [0, 0.1) is 0 Å². The Balaban J connectivity index is 2.53. The number of ether oxygens (including phenoxy) is 1. The van der Waals surface area contributed by atoms with Crippen molar-refractivity contribution in [3.05, 3.63) is 30.3 Å². The molecule has 2 N–H and O–H groups in total. The van der Waals surface area contributed by atoms with Gasteiger partial charge in [-0.15, -0.1) is 11.6 Å². The van der Waals surface area contributed by atoms with E-state index in [4.69, 9.17) is 57.5 Å². The Labute approximate surface area is 115 Å². The molecule has 0 fully saturated rings. The summed E-state index contributed by atoms with van der Waals surface area (Å²) in [7, 11) is 0. The van der Waals surface area contributed by atoms with E-state index in [0.717, 1.165) is 0 Å². The van der Waals surface area contributed by atoms with Crippen molar-refractivity contribution in [2.75, 3.05) is 6.61 Å². The van der Waals surface area contributed by atoms with Crippen molar-refractivity contribution in [1.29, 1.82) is 0 Å². The monoisotopic (exact) mass is 297 g/mol. The topological polar surface area (TPSA) is 35.2 Å². The maximum absolute atomic E-state index is 5.96. The molecule has 16 heavy (non-hydrogen) atoms. The van der Waals surface area contributed by atoms with Crippen LogP contribution in [0.25, 0.3) is 0 Å². The number of rotatable bonds is 5. The fourth-order valence-electron chi connectivity index (χ4n) is 0.945. The Morgan fingerprint density at radius 3 is 2.44 bits per heavy atom. The molecular formula is C10H10Cl3NOS. The molecule has 1 atom stereocenters. The fourth-order valence-corrected chi connectivity index (χ4v) is 1.46. The molecule has 0 bridgehead atoms. The first-order chi connectivity index (χ1) is 7.44. The molecule has 0 aromatic heterocycles. The molecule has 0 amide bonds. The maximum Gasteiger partial charge on any atom is 0.186 e. The summed E-state index contributed by atoms with van der Waals surface area (Å²) in [5, 5.41) is -0.714. The minimum Gasteiger partial charge on any atom is -0.492 e. The highest BCUT2D eigenvalue weighted by atomic mass is 35.5. The molecule has 1 unspecified atom stereocenters. The normalized spacial score (nSPS) is 13.2. The van der Waals surface area contributed by atoms with Gasteiger partial charge in [0.25, 0.3) is 0 Å². The number of para-hydroxylation sites is 1. The SMILES string of the molecule is NC(=S)C(Cl)(Cl)C(Cl)COc1ccccc1. The molecule has 0 radical (unpaired) electrons. The second kappa shape index (κ2) is 5.92. The highest BCUT2D eigenvalue weighted by Gasteiger charge is 2.37. The highest BCUT2D eigenvalue weighted by molar-refractivity contribution is 7.80. The van der Waals surface area contributed by atoms with Crippen molar-refractivity contribution in [1.82, 2.24) is 0 Å². The minimum absolute atomic E-state index is 0.0625. The average molecular weight is 299 g/mol. The summed E-state index contributed by atoms with van der Waals surface area (Å²) in [5.74, 6) is 0.681. The number of benzene rings is 1. The highest BCUT2D eigenvalue weighted by Crippen LogP contribution is 2.30.